The van der Waals surface area contributed by atoms with E-state index in [2.05, 4.69) is 12.2 Å². The van der Waals surface area contributed by atoms with Gasteiger partial charge in [-0.2, -0.15) is 0 Å². The third-order valence-corrected chi connectivity index (χ3v) is 5.75. The van der Waals surface area contributed by atoms with Gasteiger partial charge in [-0.3, -0.25) is 0 Å². The van der Waals surface area contributed by atoms with Gasteiger partial charge < -0.3 is 10.1 Å². The van der Waals surface area contributed by atoms with E-state index in [1.165, 1.54) is 0 Å². The molecule has 112 valence electrons. The van der Waals surface area contributed by atoms with Crippen LogP contribution in [0.2, 0.25) is 0 Å². The molecule has 1 heterocycles. The zero-order chi connectivity index (χ0) is 14.6. The minimum Gasteiger partial charge on any atom is -0.384 e. The predicted octanol–water partition coefficient (Wildman–Crippen LogP) is 2.71. The Balaban J connectivity index is 2.12. The predicted molar refractivity (Wildman–Crippen MR) is 80.8 cm³/mol. The van der Waals surface area contributed by atoms with Crippen molar-refractivity contribution in [2.75, 3.05) is 24.2 Å². The lowest BCUT2D eigenvalue weighted by molar-refractivity contribution is 0.108. The standard InChI is InChI=1S/C15H23NO3S/c1-3-10-20(17,18)15-7-5-4-6-14(15)16-11-13-8-9-19-12(13)2/h4-7,12-13,16H,3,8-11H2,1-2H3. The molecule has 2 atom stereocenters. The van der Waals surface area contributed by atoms with Gasteiger partial charge in [0.25, 0.3) is 0 Å². The lowest BCUT2D eigenvalue weighted by atomic mass is 10.0. The number of rotatable bonds is 6. The van der Waals surface area contributed by atoms with Crippen LogP contribution in [-0.2, 0) is 14.6 Å². The van der Waals surface area contributed by atoms with Crippen molar-refractivity contribution in [2.24, 2.45) is 5.92 Å². The summed E-state index contributed by atoms with van der Waals surface area (Å²) >= 11 is 0. The second-order valence-electron chi connectivity index (χ2n) is 5.32. The molecular weight excluding hydrogens is 274 g/mol. The fraction of sp³-hybridized carbons (Fsp3) is 0.600. The van der Waals surface area contributed by atoms with Crippen LogP contribution in [0.25, 0.3) is 0 Å². The topological polar surface area (TPSA) is 55.4 Å². The second-order valence-corrected chi connectivity index (χ2v) is 7.40. The Morgan fingerprint density at radius 3 is 2.75 bits per heavy atom. The van der Waals surface area contributed by atoms with Crippen molar-refractivity contribution in [1.82, 2.24) is 0 Å². The normalized spacial score (nSPS) is 22.9. The summed E-state index contributed by atoms with van der Waals surface area (Å²) < 4.78 is 30.0. The Morgan fingerprint density at radius 2 is 2.10 bits per heavy atom. The van der Waals surface area contributed by atoms with Gasteiger partial charge in [-0.15, -0.1) is 0 Å². The molecule has 5 heteroatoms. The minimum atomic E-state index is -3.19. The highest BCUT2D eigenvalue weighted by Gasteiger charge is 2.24. The first kappa shape index (κ1) is 15.3. The highest BCUT2D eigenvalue weighted by molar-refractivity contribution is 7.91. The molecule has 0 radical (unpaired) electrons. The smallest absolute Gasteiger partial charge is 0.180 e. The zero-order valence-electron chi connectivity index (χ0n) is 12.1. The van der Waals surface area contributed by atoms with Crippen LogP contribution >= 0.6 is 0 Å². The van der Waals surface area contributed by atoms with E-state index < -0.39 is 9.84 Å². The Kier molecular flexibility index (Phi) is 5.05. The number of anilines is 1. The van der Waals surface area contributed by atoms with Crippen molar-refractivity contribution >= 4 is 15.5 Å². The number of hydrogen-bond acceptors (Lipinski definition) is 4. The molecule has 0 aliphatic carbocycles. The van der Waals surface area contributed by atoms with Crippen LogP contribution in [0.5, 0.6) is 0 Å². The number of sulfone groups is 1. The average Bonchev–Trinajstić information content (AvgIpc) is 2.82. The average molecular weight is 297 g/mol. The summed E-state index contributed by atoms with van der Waals surface area (Å²) in [6.07, 6.45) is 1.89. The van der Waals surface area contributed by atoms with E-state index >= 15 is 0 Å². The molecule has 0 amide bonds. The summed E-state index contributed by atoms with van der Waals surface area (Å²) in [4.78, 5) is 0.411. The summed E-state index contributed by atoms with van der Waals surface area (Å²) in [5, 5.41) is 3.29. The van der Waals surface area contributed by atoms with Gasteiger partial charge in [-0.25, -0.2) is 8.42 Å². The van der Waals surface area contributed by atoms with Crippen molar-refractivity contribution in [3.8, 4) is 0 Å². The van der Waals surface area contributed by atoms with Crippen LogP contribution in [0.4, 0.5) is 5.69 Å². The van der Waals surface area contributed by atoms with Crippen LogP contribution in [-0.4, -0.2) is 33.4 Å². The Bertz CT molecular complexity index is 542. The lowest BCUT2D eigenvalue weighted by Crippen LogP contribution is -2.21. The van der Waals surface area contributed by atoms with Crippen LogP contribution < -0.4 is 5.32 Å². The molecule has 0 aromatic heterocycles. The van der Waals surface area contributed by atoms with Crippen molar-refractivity contribution in [3.63, 3.8) is 0 Å². The van der Waals surface area contributed by atoms with E-state index in [1.807, 2.05) is 19.1 Å². The molecule has 1 saturated heterocycles. The molecule has 0 spiro atoms. The molecular formula is C15H23NO3S. The van der Waals surface area contributed by atoms with Crippen molar-refractivity contribution in [3.05, 3.63) is 24.3 Å². The van der Waals surface area contributed by atoms with Crippen LogP contribution in [0.3, 0.4) is 0 Å². The fourth-order valence-corrected chi connectivity index (χ4v) is 4.07. The summed E-state index contributed by atoms with van der Waals surface area (Å²) in [5.41, 5.74) is 0.708. The molecule has 2 unspecified atom stereocenters. The first-order valence-corrected chi connectivity index (χ1v) is 8.87. The van der Waals surface area contributed by atoms with Crippen molar-refractivity contribution < 1.29 is 13.2 Å². The third-order valence-electron chi connectivity index (χ3n) is 3.78. The maximum Gasteiger partial charge on any atom is 0.180 e. The quantitative estimate of drug-likeness (QED) is 0.877. The van der Waals surface area contributed by atoms with Gasteiger partial charge in [-0.05, 0) is 31.9 Å². The summed E-state index contributed by atoms with van der Waals surface area (Å²) in [7, 11) is -3.19. The number of benzene rings is 1. The molecule has 1 aromatic carbocycles. The van der Waals surface area contributed by atoms with Gasteiger partial charge in [0.1, 0.15) is 0 Å². The summed E-state index contributed by atoms with van der Waals surface area (Å²) in [6, 6.07) is 7.15. The number of nitrogens with one attached hydrogen (secondary N) is 1. The number of para-hydroxylation sites is 1. The van der Waals surface area contributed by atoms with Crippen LogP contribution in [0.15, 0.2) is 29.2 Å². The van der Waals surface area contributed by atoms with Crippen LogP contribution in [0, 0.1) is 5.92 Å². The summed E-state index contributed by atoms with van der Waals surface area (Å²) in [5.74, 6) is 0.631. The SMILES string of the molecule is CCCS(=O)(=O)c1ccccc1NCC1CCOC1C. The van der Waals surface area contributed by atoms with Crippen LogP contribution in [0.1, 0.15) is 26.7 Å². The second kappa shape index (κ2) is 6.59. The molecule has 2 rings (SSSR count). The number of ether oxygens (including phenoxy) is 1. The van der Waals surface area contributed by atoms with Gasteiger partial charge in [-0.1, -0.05) is 19.1 Å². The monoisotopic (exact) mass is 297 g/mol. The maximum atomic E-state index is 12.2. The van der Waals surface area contributed by atoms with Gasteiger partial charge in [0, 0.05) is 19.1 Å². The molecule has 1 fully saturated rings. The van der Waals surface area contributed by atoms with E-state index in [0.29, 0.717) is 22.9 Å². The molecule has 1 aromatic rings. The fourth-order valence-electron chi connectivity index (χ4n) is 2.55. The number of hydrogen-bond donors (Lipinski definition) is 1. The lowest BCUT2D eigenvalue weighted by Gasteiger charge is -2.17. The highest BCUT2D eigenvalue weighted by atomic mass is 32.2. The Hall–Kier alpha value is -1.07. The molecule has 1 N–H and O–H groups in total. The van der Waals surface area contributed by atoms with E-state index in [1.54, 1.807) is 12.1 Å². The van der Waals surface area contributed by atoms with Gasteiger partial charge in [0.2, 0.25) is 0 Å². The highest BCUT2D eigenvalue weighted by Crippen LogP contribution is 2.25. The minimum absolute atomic E-state index is 0.189. The Labute approximate surface area is 121 Å². The molecule has 1 aliphatic rings. The van der Waals surface area contributed by atoms with Crippen molar-refractivity contribution in [1.29, 1.82) is 0 Å². The van der Waals surface area contributed by atoms with Crippen molar-refractivity contribution in [2.45, 2.75) is 37.7 Å². The molecule has 0 saturated carbocycles. The molecule has 20 heavy (non-hydrogen) atoms. The van der Waals surface area contributed by atoms with E-state index in [0.717, 1.165) is 19.6 Å². The molecule has 4 nitrogen and oxygen atoms in total. The van der Waals surface area contributed by atoms with Gasteiger partial charge in [0.15, 0.2) is 9.84 Å². The first-order chi connectivity index (χ1) is 9.54. The molecule has 0 bridgehead atoms. The van der Waals surface area contributed by atoms with E-state index in [9.17, 15) is 8.42 Å². The largest absolute Gasteiger partial charge is 0.384 e. The first-order valence-electron chi connectivity index (χ1n) is 7.22. The van der Waals surface area contributed by atoms with Gasteiger partial charge in [0.05, 0.1) is 22.4 Å². The summed E-state index contributed by atoms with van der Waals surface area (Å²) in [6.45, 7) is 5.49. The van der Waals surface area contributed by atoms with Gasteiger partial charge >= 0.3 is 0 Å². The molecule has 1 aliphatic heterocycles. The maximum absolute atomic E-state index is 12.2. The third kappa shape index (κ3) is 3.52. The zero-order valence-corrected chi connectivity index (χ0v) is 12.9. The Morgan fingerprint density at radius 1 is 1.35 bits per heavy atom. The van der Waals surface area contributed by atoms with E-state index in [4.69, 9.17) is 4.74 Å². The van der Waals surface area contributed by atoms with E-state index in [-0.39, 0.29) is 11.9 Å².